The van der Waals surface area contributed by atoms with Gasteiger partial charge in [-0.15, -0.1) is 0 Å². The van der Waals surface area contributed by atoms with Gasteiger partial charge in [0.15, 0.2) is 5.75 Å². The third-order valence-electron chi connectivity index (χ3n) is 3.69. The largest absolute Gasteiger partial charge is 0.489 e. The molecule has 3 rings (SSSR count). The fourth-order valence-corrected chi connectivity index (χ4v) is 3.04. The van der Waals surface area contributed by atoms with Gasteiger partial charge >= 0.3 is 0 Å². The average molecular weight is 380 g/mol. The van der Waals surface area contributed by atoms with Crippen molar-refractivity contribution in [3.8, 4) is 5.75 Å². The Hall–Kier alpha value is -1.95. The minimum atomic E-state index is -0.466. The van der Waals surface area contributed by atoms with Gasteiger partial charge in [0.25, 0.3) is 0 Å². The molecule has 0 aliphatic heterocycles. The number of halogens is 2. The Morgan fingerprint density at radius 3 is 2.60 bits per heavy atom. The fraction of sp³-hybridized carbons (Fsp3) is 0.278. The highest BCUT2D eigenvalue weighted by Gasteiger charge is 2.12. The second-order valence-electron chi connectivity index (χ2n) is 5.70. The number of benzene rings is 2. The Kier molecular flexibility index (Phi) is 5.68. The SMILES string of the molecule is CC(O)CNc1nc2ccccc2n1CCOc1c(Cl)cccc1Cl. The number of aromatic nitrogens is 2. The molecule has 3 aromatic rings. The molecular weight excluding hydrogens is 361 g/mol. The van der Waals surface area contributed by atoms with Gasteiger partial charge in [0, 0.05) is 6.54 Å². The number of hydrogen-bond donors (Lipinski definition) is 2. The minimum Gasteiger partial charge on any atom is -0.489 e. The first kappa shape index (κ1) is 17.9. The minimum absolute atomic E-state index is 0.382. The summed E-state index contributed by atoms with van der Waals surface area (Å²) in [5, 5.41) is 13.6. The Bertz CT molecular complexity index is 844. The molecule has 0 amide bonds. The van der Waals surface area contributed by atoms with E-state index in [1.165, 1.54) is 0 Å². The van der Waals surface area contributed by atoms with Crippen molar-refractivity contribution in [1.82, 2.24) is 9.55 Å². The molecule has 2 aromatic carbocycles. The second-order valence-corrected chi connectivity index (χ2v) is 6.52. The zero-order valence-corrected chi connectivity index (χ0v) is 15.3. The van der Waals surface area contributed by atoms with Crippen molar-refractivity contribution in [2.24, 2.45) is 0 Å². The number of para-hydroxylation sites is 3. The molecule has 0 saturated carbocycles. The quantitative estimate of drug-likeness (QED) is 0.645. The first-order valence-electron chi connectivity index (χ1n) is 8.00. The number of nitrogens with one attached hydrogen (secondary N) is 1. The maximum absolute atomic E-state index is 9.51. The molecular formula is C18H19Cl2N3O2. The summed E-state index contributed by atoms with van der Waals surface area (Å²) in [7, 11) is 0. The van der Waals surface area contributed by atoms with Gasteiger partial charge in [-0.3, -0.25) is 0 Å². The number of ether oxygens (including phenoxy) is 1. The third-order valence-corrected chi connectivity index (χ3v) is 4.29. The van der Waals surface area contributed by atoms with E-state index in [0.29, 0.717) is 41.4 Å². The van der Waals surface area contributed by atoms with Crippen LogP contribution in [0.1, 0.15) is 6.92 Å². The number of anilines is 1. The van der Waals surface area contributed by atoms with E-state index in [1.807, 2.05) is 28.8 Å². The van der Waals surface area contributed by atoms with Crippen molar-refractivity contribution in [2.45, 2.75) is 19.6 Å². The van der Waals surface area contributed by atoms with E-state index in [1.54, 1.807) is 25.1 Å². The summed E-state index contributed by atoms with van der Waals surface area (Å²) in [6, 6.07) is 13.1. The number of aliphatic hydroxyl groups is 1. The number of aliphatic hydroxyl groups excluding tert-OH is 1. The van der Waals surface area contributed by atoms with Crippen LogP contribution in [-0.4, -0.2) is 33.9 Å². The van der Waals surface area contributed by atoms with Gasteiger partial charge in [0.2, 0.25) is 5.95 Å². The van der Waals surface area contributed by atoms with Gasteiger partial charge in [0.05, 0.1) is 33.7 Å². The summed E-state index contributed by atoms with van der Waals surface area (Å²) in [5.74, 6) is 1.17. The van der Waals surface area contributed by atoms with E-state index >= 15 is 0 Å². The Morgan fingerprint density at radius 2 is 1.88 bits per heavy atom. The van der Waals surface area contributed by atoms with Crippen molar-refractivity contribution in [3.63, 3.8) is 0 Å². The van der Waals surface area contributed by atoms with Crippen LogP contribution in [-0.2, 0) is 6.54 Å². The fourth-order valence-electron chi connectivity index (χ4n) is 2.54. The van der Waals surface area contributed by atoms with E-state index < -0.39 is 6.10 Å². The third kappa shape index (κ3) is 4.18. The van der Waals surface area contributed by atoms with Crippen LogP contribution in [0.4, 0.5) is 5.95 Å². The lowest BCUT2D eigenvalue weighted by molar-refractivity contribution is 0.208. The van der Waals surface area contributed by atoms with Gasteiger partial charge < -0.3 is 19.7 Å². The van der Waals surface area contributed by atoms with Gasteiger partial charge in [-0.1, -0.05) is 41.4 Å². The zero-order chi connectivity index (χ0) is 17.8. The molecule has 0 aliphatic rings. The molecule has 0 fully saturated rings. The van der Waals surface area contributed by atoms with Crippen LogP contribution in [0.3, 0.4) is 0 Å². The van der Waals surface area contributed by atoms with Gasteiger partial charge in [0.1, 0.15) is 6.61 Å². The highest BCUT2D eigenvalue weighted by Crippen LogP contribution is 2.32. The lowest BCUT2D eigenvalue weighted by atomic mass is 10.3. The summed E-state index contributed by atoms with van der Waals surface area (Å²) in [5.41, 5.74) is 1.87. The maximum atomic E-state index is 9.51. The van der Waals surface area contributed by atoms with E-state index in [2.05, 4.69) is 10.3 Å². The predicted molar refractivity (Wildman–Crippen MR) is 102 cm³/mol. The topological polar surface area (TPSA) is 59.3 Å². The highest BCUT2D eigenvalue weighted by molar-refractivity contribution is 6.37. The van der Waals surface area contributed by atoms with Gasteiger partial charge in [-0.25, -0.2) is 4.98 Å². The normalized spacial score (nSPS) is 12.3. The molecule has 0 saturated heterocycles. The maximum Gasteiger partial charge on any atom is 0.204 e. The van der Waals surface area contributed by atoms with Gasteiger partial charge in [-0.2, -0.15) is 0 Å². The summed E-state index contributed by atoms with van der Waals surface area (Å²) in [6.45, 7) is 3.08. The van der Waals surface area contributed by atoms with Crippen LogP contribution in [0.2, 0.25) is 10.0 Å². The number of hydrogen-bond acceptors (Lipinski definition) is 4. The highest BCUT2D eigenvalue weighted by atomic mass is 35.5. The van der Waals surface area contributed by atoms with Crippen LogP contribution < -0.4 is 10.1 Å². The van der Waals surface area contributed by atoms with Crippen LogP contribution in [0.25, 0.3) is 11.0 Å². The molecule has 1 atom stereocenters. The molecule has 0 radical (unpaired) electrons. The van der Waals surface area contributed by atoms with Crippen LogP contribution >= 0.6 is 23.2 Å². The number of imidazole rings is 1. The van der Waals surface area contributed by atoms with Crippen molar-refractivity contribution < 1.29 is 9.84 Å². The predicted octanol–water partition coefficient (Wildman–Crippen LogP) is 4.21. The molecule has 0 aliphatic carbocycles. The lowest BCUT2D eigenvalue weighted by Gasteiger charge is -2.14. The molecule has 7 heteroatoms. The van der Waals surface area contributed by atoms with E-state index in [9.17, 15) is 5.11 Å². The summed E-state index contributed by atoms with van der Waals surface area (Å²) >= 11 is 12.3. The Balaban J connectivity index is 1.78. The Morgan fingerprint density at radius 1 is 1.16 bits per heavy atom. The number of nitrogens with zero attached hydrogens (tertiary/aromatic N) is 2. The molecule has 5 nitrogen and oxygen atoms in total. The van der Waals surface area contributed by atoms with E-state index in [0.717, 1.165) is 11.0 Å². The summed E-state index contributed by atoms with van der Waals surface area (Å²) < 4.78 is 7.80. The van der Waals surface area contributed by atoms with E-state index in [4.69, 9.17) is 27.9 Å². The second kappa shape index (κ2) is 7.95. The summed E-state index contributed by atoms with van der Waals surface area (Å²) in [4.78, 5) is 4.58. The molecule has 0 spiro atoms. The molecule has 2 N–H and O–H groups in total. The number of fused-ring (bicyclic) bond motifs is 1. The Labute approximate surface area is 156 Å². The van der Waals surface area contributed by atoms with Gasteiger partial charge in [-0.05, 0) is 31.2 Å². The first-order valence-corrected chi connectivity index (χ1v) is 8.76. The van der Waals surface area contributed by atoms with Crippen molar-refractivity contribution in [1.29, 1.82) is 0 Å². The first-order chi connectivity index (χ1) is 12.1. The van der Waals surface area contributed by atoms with Crippen molar-refractivity contribution in [3.05, 3.63) is 52.5 Å². The average Bonchev–Trinajstić information content (AvgIpc) is 2.93. The van der Waals surface area contributed by atoms with E-state index in [-0.39, 0.29) is 0 Å². The lowest BCUT2D eigenvalue weighted by Crippen LogP contribution is -2.19. The molecule has 132 valence electrons. The molecule has 1 heterocycles. The molecule has 0 bridgehead atoms. The monoisotopic (exact) mass is 379 g/mol. The van der Waals surface area contributed by atoms with Crippen LogP contribution in [0.15, 0.2) is 42.5 Å². The number of rotatable bonds is 7. The van der Waals surface area contributed by atoms with Crippen LogP contribution in [0.5, 0.6) is 5.75 Å². The zero-order valence-electron chi connectivity index (χ0n) is 13.7. The molecule has 25 heavy (non-hydrogen) atoms. The molecule has 1 unspecified atom stereocenters. The summed E-state index contributed by atoms with van der Waals surface area (Å²) in [6.07, 6.45) is -0.466. The van der Waals surface area contributed by atoms with Crippen molar-refractivity contribution in [2.75, 3.05) is 18.5 Å². The smallest absolute Gasteiger partial charge is 0.204 e. The van der Waals surface area contributed by atoms with Crippen molar-refractivity contribution >= 4 is 40.2 Å². The molecule has 1 aromatic heterocycles. The van der Waals surface area contributed by atoms with Crippen LogP contribution in [0, 0.1) is 0 Å². The standard InChI is InChI=1S/C18H19Cl2N3O2/c1-12(24)11-21-18-22-15-7-2-3-8-16(15)23(18)9-10-25-17-13(19)5-4-6-14(17)20/h2-8,12,24H,9-11H2,1H3,(H,21,22).